The van der Waals surface area contributed by atoms with Crippen molar-refractivity contribution in [3.63, 3.8) is 0 Å². The number of amides is 1. The fraction of sp³-hybridized carbons (Fsp3) is 0.222. The molecule has 132 valence electrons. The van der Waals surface area contributed by atoms with E-state index in [0.29, 0.717) is 11.3 Å². The quantitative estimate of drug-likeness (QED) is 0.807. The Kier molecular flexibility index (Phi) is 5.88. The summed E-state index contributed by atoms with van der Waals surface area (Å²) < 4.78 is 10.7. The Labute approximate surface area is 150 Å². The van der Waals surface area contributed by atoms with Gasteiger partial charge in [0.2, 0.25) is 0 Å². The van der Waals surface area contributed by atoms with Crippen molar-refractivity contribution in [2.24, 2.45) is 0 Å². The van der Waals surface area contributed by atoms with Crippen LogP contribution in [0.25, 0.3) is 0 Å². The van der Waals surface area contributed by atoms with E-state index in [1.807, 2.05) is 13.8 Å². The first kappa shape index (κ1) is 18.6. The summed E-state index contributed by atoms with van der Waals surface area (Å²) in [6.07, 6.45) is -0.0236. The van der Waals surface area contributed by atoms with Gasteiger partial charge in [-0.15, -0.1) is 0 Å². The highest BCUT2D eigenvalue weighted by Gasteiger charge is 2.17. The minimum Gasteiger partial charge on any atom is -0.493 e. The Bertz CT molecular complexity index is 804. The summed E-state index contributed by atoms with van der Waals surface area (Å²) >= 11 is 6.03. The van der Waals surface area contributed by atoms with Gasteiger partial charge < -0.3 is 19.9 Å². The van der Waals surface area contributed by atoms with Gasteiger partial charge in [-0.1, -0.05) is 17.7 Å². The van der Waals surface area contributed by atoms with Crippen LogP contribution in [0.4, 0.5) is 5.69 Å². The van der Waals surface area contributed by atoms with Gasteiger partial charge in [0.05, 0.1) is 29.5 Å². The molecule has 0 radical (unpaired) electrons. The lowest BCUT2D eigenvalue weighted by Gasteiger charge is -2.14. The predicted octanol–water partition coefficient (Wildman–Crippen LogP) is 4.09. The molecule has 0 atom stereocenters. The van der Waals surface area contributed by atoms with Crippen LogP contribution in [0.5, 0.6) is 11.5 Å². The molecule has 7 heteroatoms. The second-order valence-electron chi connectivity index (χ2n) is 5.49. The first-order chi connectivity index (χ1) is 11.8. The van der Waals surface area contributed by atoms with Crippen molar-refractivity contribution >= 4 is 29.2 Å². The molecule has 0 bridgehead atoms. The van der Waals surface area contributed by atoms with Crippen LogP contribution in [0.15, 0.2) is 36.4 Å². The molecular weight excluding hydrogens is 346 g/mol. The first-order valence-electron chi connectivity index (χ1n) is 7.50. The lowest BCUT2D eigenvalue weighted by atomic mass is 10.1. The smallest absolute Gasteiger partial charge is 0.335 e. The Morgan fingerprint density at radius 1 is 1.16 bits per heavy atom. The molecule has 0 saturated carbocycles. The van der Waals surface area contributed by atoms with E-state index in [-0.39, 0.29) is 28.1 Å². The van der Waals surface area contributed by atoms with Crippen LogP contribution in [-0.2, 0) is 0 Å². The average Bonchev–Trinajstić information content (AvgIpc) is 2.54. The van der Waals surface area contributed by atoms with Gasteiger partial charge in [0, 0.05) is 5.56 Å². The number of carbonyl (C=O) groups is 2. The van der Waals surface area contributed by atoms with Crippen LogP contribution in [-0.4, -0.2) is 30.2 Å². The number of rotatable bonds is 6. The number of hydrogen-bond acceptors (Lipinski definition) is 4. The maximum atomic E-state index is 12.5. The van der Waals surface area contributed by atoms with E-state index >= 15 is 0 Å². The molecule has 2 aromatic rings. The Balaban J connectivity index is 2.32. The summed E-state index contributed by atoms with van der Waals surface area (Å²) in [7, 11) is 1.38. The summed E-state index contributed by atoms with van der Waals surface area (Å²) in [6, 6.07) is 9.22. The molecule has 2 aromatic carbocycles. The second-order valence-corrected chi connectivity index (χ2v) is 5.90. The molecule has 0 saturated heterocycles. The van der Waals surface area contributed by atoms with Crippen molar-refractivity contribution in [1.29, 1.82) is 0 Å². The molecule has 0 aliphatic heterocycles. The van der Waals surface area contributed by atoms with Crippen molar-refractivity contribution in [2.45, 2.75) is 20.0 Å². The Morgan fingerprint density at radius 3 is 2.48 bits per heavy atom. The number of benzene rings is 2. The van der Waals surface area contributed by atoms with Gasteiger partial charge in [-0.3, -0.25) is 4.79 Å². The molecule has 25 heavy (non-hydrogen) atoms. The molecule has 0 fully saturated rings. The standard InChI is InChI=1S/C18H18ClNO5/c1-10(2)25-13-6-4-5-11(7-13)17(21)20-15-9-12(18(22)23)8-14(19)16(15)24-3/h4-10H,1-3H3,(H,20,21)(H,22,23). The number of aromatic carboxylic acids is 1. The van der Waals surface area contributed by atoms with E-state index in [9.17, 15) is 9.59 Å². The summed E-state index contributed by atoms with van der Waals surface area (Å²) in [6.45, 7) is 3.77. The van der Waals surface area contributed by atoms with E-state index in [2.05, 4.69) is 5.32 Å². The number of carboxylic acids is 1. The van der Waals surface area contributed by atoms with Crippen LogP contribution < -0.4 is 14.8 Å². The molecule has 2 rings (SSSR count). The van der Waals surface area contributed by atoms with Crippen molar-refractivity contribution in [1.82, 2.24) is 0 Å². The SMILES string of the molecule is COc1c(Cl)cc(C(=O)O)cc1NC(=O)c1cccc(OC(C)C)c1. The Hall–Kier alpha value is -2.73. The third-order valence-corrected chi connectivity index (χ3v) is 3.49. The number of anilines is 1. The van der Waals surface area contributed by atoms with E-state index in [4.69, 9.17) is 26.2 Å². The van der Waals surface area contributed by atoms with Gasteiger partial charge >= 0.3 is 5.97 Å². The zero-order valence-electron chi connectivity index (χ0n) is 14.0. The largest absolute Gasteiger partial charge is 0.493 e. The lowest BCUT2D eigenvalue weighted by molar-refractivity contribution is 0.0696. The molecule has 0 aliphatic rings. The first-order valence-corrected chi connectivity index (χ1v) is 7.88. The van der Waals surface area contributed by atoms with Crippen molar-refractivity contribution in [3.05, 3.63) is 52.5 Å². The number of carboxylic acid groups (broad SMARTS) is 1. The predicted molar refractivity (Wildman–Crippen MR) is 95.1 cm³/mol. The van der Waals surface area contributed by atoms with Crippen molar-refractivity contribution < 1.29 is 24.2 Å². The molecule has 0 unspecified atom stereocenters. The van der Waals surface area contributed by atoms with Crippen LogP contribution in [0.1, 0.15) is 34.6 Å². The second kappa shape index (κ2) is 7.90. The summed E-state index contributed by atoms with van der Waals surface area (Å²) in [4.78, 5) is 23.7. The number of carbonyl (C=O) groups excluding carboxylic acids is 1. The summed E-state index contributed by atoms with van der Waals surface area (Å²) in [5, 5.41) is 11.9. The lowest BCUT2D eigenvalue weighted by Crippen LogP contribution is -2.14. The minimum absolute atomic E-state index is 0.0236. The highest BCUT2D eigenvalue weighted by Crippen LogP contribution is 2.34. The van der Waals surface area contributed by atoms with Crippen molar-refractivity contribution in [3.8, 4) is 11.5 Å². The fourth-order valence-electron chi connectivity index (χ4n) is 2.19. The van der Waals surface area contributed by atoms with Crippen LogP contribution in [0.2, 0.25) is 5.02 Å². The molecule has 6 nitrogen and oxygen atoms in total. The topological polar surface area (TPSA) is 84.9 Å². The molecule has 2 N–H and O–H groups in total. The summed E-state index contributed by atoms with van der Waals surface area (Å²) in [5.41, 5.74) is 0.475. The van der Waals surface area contributed by atoms with Crippen LogP contribution in [0, 0.1) is 0 Å². The number of ether oxygens (including phenoxy) is 2. The van der Waals surface area contributed by atoms with Crippen LogP contribution in [0.3, 0.4) is 0 Å². The minimum atomic E-state index is -1.16. The average molecular weight is 364 g/mol. The third kappa shape index (κ3) is 4.64. The van der Waals surface area contributed by atoms with E-state index in [1.54, 1.807) is 24.3 Å². The van der Waals surface area contributed by atoms with Crippen LogP contribution >= 0.6 is 11.6 Å². The highest BCUT2D eigenvalue weighted by molar-refractivity contribution is 6.33. The number of methoxy groups -OCH3 is 1. The fourth-order valence-corrected chi connectivity index (χ4v) is 2.49. The van der Waals surface area contributed by atoms with Gasteiger partial charge in [0.1, 0.15) is 5.75 Å². The molecule has 0 heterocycles. The van der Waals surface area contributed by atoms with Gasteiger partial charge in [-0.2, -0.15) is 0 Å². The third-order valence-electron chi connectivity index (χ3n) is 3.21. The monoisotopic (exact) mass is 363 g/mol. The molecule has 0 aromatic heterocycles. The van der Waals surface area contributed by atoms with Crippen molar-refractivity contribution in [2.75, 3.05) is 12.4 Å². The van der Waals surface area contributed by atoms with E-state index < -0.39 is 11.9 Å². The normalized spacial score (nSPS) is 10.4. The number of nitrogens with one attached hydrogen (secondary N) is 1. The maximum Gasteiger partial charge on any atom is 0.335 e. The van der Waals surface area contributed by atoms with E-state index in [1.165, 1.54) is 19.2 Å². The highest BCUT2D eigenvalue weighted by atomic mass is 35.5. The number of hydrogen-bond donors (Lipinski definition) is 2. The molecule has 0 aliphatic carbocycles. The maximum absolute atomic E-state index is 12.5. The number of halogens is 1. The summed E-state index contributed by atoms with van der Waals surface area (Å²) in [5.74, 6) is -0.847. The van der Waals surface area contributed by atoms with E-state index in [0.717, 1.165) is 0 Å². The zero-order valence-corrected chi connectivity index (χ0v) is 14.8. The van der Waals surface area contributed by atoms with Gasteiger partial charge in [0.25, 0.3) is 5.91 Å². The molecule has 0 spiro atoms. The molecule has 1 amide bonds. The van der Waals surface area contributed by atoms with Gasteiger partial charge in [0.15, 0.2) is 5.75 Å². The molecular formula is C18H18ClNO5. The zero-order chi connectivity index (χ0) is 18.6. The van der Waals surface area contributed by atoms with Gasteiger partial charge in [-0.05, 0) is 44.2 Å². The van der Waals surface area contributed by atoms with Gasteiger partial charge in [-0.25, -0.2) is 4.79 Å². The Morgan fingerprint density at radius 2 is 1.88 bits per heavy atom.